The summed E-state index contributed by atoms with van der Waals surface area (Å²) in [6, 6.07) is 0. The number of hydrogen-bond donors (Lipinski definition) is 2. The number of nitrogens with zero attached hydrogens (tertiary/aromatic N) is 1. The molecule has 0 rings (SSSR count). The molecule has 0 saturated carbocycles. The molecule has 0 unspecified atom stereocenters. The molecule has 72 valence electrons. The molecule has 0 fully saturated rings. The van der Waals surface area contributed by atoms with Gasteiger partial charge in [0.2, 0.25) is 0 Å². The number of carbonyl (C=O) groups is 1. The van der Waals surface area contributed by atoms with E-state index in [-0.39, 0.29) is 6.54 Å². The van der Waals surface area contributed by atoms with Crippen molar-refractivity contribution in [2.24, 2.45) is 5.73 Å². The van der Waals surface area contributed by atoms with Crippen LogP contribution in [0.25, 0.3) is 0 Å². The molecule has 0 bridgehead atoms. The smallest absolute Gasteiger partial charge is 0.317 e. The van der Waals surface area contributed by atoms with Crippen LogP contribution in [0.15, 0.2) is 0 Å². The number of nitrogens with two attached hydrogens (primary N) is 1. The largest absolute Gasteiger partial charge is 0.480 e. The summed E-state index contributed by atoms with van der Waals surface area (Å²) in [6.07, 6.45) is 1.85. The summed E-state index contributed by atoms with van der Waals surface area (Å²) in [5.74, 6) is -0.763. The number of aliphatic carboxylic acids is 1. The van der Waals surface area contributed by atoms with Crippen LogP contribution in [-0.2, 0) is 4.79 Å². The maximum absolute atomic E-state index is 10.4. The fourth-order valence-electron chi connectivity index (χ4n) is 1.09. The van der Waals surface area contributed by atoms with Gasteiger partial charge in [-0.15, -0.1) is 0 Å². The molecule has 4 heteroatoms. The second-order valence-electron chi connectivity index (χ2n) is 2.81. The van der Waals surface area contributed by atoms with E-state index in [9.17, 15) is 4.79 Å². The SMILES string of the molecule is CCCN(CCCN)CC(=O)O. The lowest BCUT2D eigenvalue weighted by Gasteiger charge is -2.18. The zero-order valence-electron chi connectivity index (χ0n) is 7.62. The molecule has 0 aromatic rings. The molecule has 12 heavy (non-hydrogen) atoms. The van der Waals surface area contributed by atoms with Gasteiger partial charge in [-0.2, -0.15) is 0 Å². The van der Waals surface area contributed by atoms with Crippen LogP contribution in [0.2, 0.25) is 0 Å². The van der Waals surface area contributed by atoms with E-state index in [1.165, 1.54) is 0 Å². The molecule has 0 aromatic heterocycles. The first-order chi connectivity index (χ1) is 5.70. The Morgan fingerprint density at radius 3 is 2.58 bits per heavy atom. The molecule has 0 radical (unpaired) electrons. The number of carboxylic acids is 1. The van der Waals surface area contributed by atoms with Crippen molar-refractivity contribution in [1.29, 1.82) is 0 Å². The summed E-state index contributed by atoms with van der Waals surface area (Å²) in [5.41, 5.74) is 5.33. The van der Waals surface area contributed by atoms with Crippen LogP contribution in [0.4, 0.5) is 0 Å². The summed E-state index contributed by atoms with van der Waals surface area (Å²) in [6.45, 7) is 4.42. The summed E-state index contributed by atoms with van der Waals surface area (Å²) < 4.78 is 0. The predicted octanol–water partition coefficient (Wildman–Crippen LogP) is 0.132. The Balaban J connectivity index is 3.61. The molecule has 0 aromatic carbocycles. The van der Waals surface area contributed by atoms with E-state index in [0.717, 1.165) is 25.9 Å². The van der Waals surface area contributed by atoms with Crippen LogP contribution in [0.1, 0.15) is 19.8 Å². The predicted molar refractivity (Wildman–Crippen MR) is 48.0 cm³/mol. The summed E-state index contributed by atoms with van der Waals surface area (Å²) in [7, 11) is 0. The Kier molecular flexibility index (Phi) is 6.70. The van der Waals surface area contributed by atoms with Gasteiger partial charge in [-0.3, -0.25) is 9.69 Å². The Morgan fingerprint density at radius 2 is 2.17 bits per heavy atom. The van der Waals surface area contributed by atoms with Crippen LogP contribution in [0, 0.1) is 0 Å². The molecule has 0 atom stereocenters. The van der Waals surface area contributed by atoms with E-state index in [0.29, 0.717) is 6.54 Å². The maximum atomic E-state index is 10.4. The highest BCUT2D eigenvalue weighted by molar-refractivity contribution is 5.69. The molecule has 0 spiro atoms. The van der Waals surface area contributed by atoms with E-state index in [1.54, 1.807) is 0 Å². The summed E-state index contributed by atoms with van der Waals surface area (Å²) in [4.78, 5) is 12.3. The first kappa shape index (κ1) is 11.4. The lowest BCUT2D eigenvalue weighted by Crippen LogP contribution is -2.32. The van der Waals surface area contributed by atoms with E-state index in [1.807, 2.05) is 11.8 Å². The molecule has 3 N–H and O–H groups in total. The fourth-order valence-corrected chi connectivity index (χ4v) is 1.09. The van der Waals surface area contributed by atoms with E-state index >= 15 is 0 Å². The van der Waals surface area contributed by atoms with Crippen LogP contribution < -0.4 is 5.73 Å². The van der Waals surface area contributed by atoms with Crippen LogP contribution in [0.3, 0.4) is 0 Å². The lowest BCUT2D eigenvalue weighted by molar-refractivity contribution is -0.138. The fraction of sp³-hybridized carbons (Fsp3) is 0.875. The standard InChI is InChI=1S/C8H18N2O2/c1-2-5-10(6-3-4-9)7-8(11)12/h2-7,9H2,1H3,(H,11,12). The Labute approximate surface area is 73.3 Å². The molecular weight excluding hydrogens is 156 g/mol. The van der Waals surface area contributed by atoms with Crippen LogP contribution >= 0.6 is 0 Å². The van der Waals surface area contributed by atoms with E-state index < -0.39 is 5.97 Å². The first-order valence-corrected chi connectivity index (χ1v) is 4.35. The zero-order chi connectivity index (χ0) is 9.40. The highest BCUT2D eigenvalue weighted by Gasteiger charge is 2.06. The zero-order valence-corrected chi connectivity index (χ0v) is 7.62. The van der Waals surface area contributed by atoms with Crippen molar-refractivity contribution in [2.75, 3.05) is 26.2 Å². The number of hydrogen-bond acceptors (Lipinski definition) is 3. The second kappa shape index (κ2) is 7.06. The minimum absolute atomic E-state index is 0.133. The Morgan fingerprint density at radius 1 is 1.50 bits per heavy atom. The van der Waals surface area contributed by atoms with Crippen molar-refractivity contribution in [3.8, 4) is 0 Å². The summed E-state index contributed by atoms with van der Waals surface area (Å²) >= 11 is 0. The van der Waals surface area contributed by atoms with Crippen LogP contribution in [-0.4, -0.2) is 42.2 Å². The number of rotatable bonds is 7. The van der Waals surface area contributed by atoms with Gasteiger partial charge in [0.05, 0.1) is 6.54 Å². The van der Waals surface area contributed by atoms with Gasteiger partial charge in [0, 0.05) is 0 Å². The van der Waals surface area contributed by atoms with Crippen molar-refractivity contribution in [3.63, 3.8) is 0 Å². The Hall–Kier alpha value is -0.610. The molecule has 0 heterocycles. The van der Waals surface area contributed by atoms with Gasteiger partial charge < -0.3 is 10.8 Å². The highest BCUT2D eigenvalue weighted by atomic mass is 16.4. The molecular formula is C8H18N2O2. The molecule has 0 aliphatic carbocycles. The third kappa shape index (κ3) is 6.12. The van der Waals surface area contributed by atoms with Gasteiger partial charge >= 0.3 is 5.97 Å². The van der Waals surface area contributed by atoms with Gasteiger partial charge in [-0.05, 0) is 32.5 Å². The van der Waals surface area contributed by atoms with E-state index in [2.05, 4.69) is 0 Å². The van der Waals surface area contributed by atoms with Crippen molar-refractivity contribution in [3.05, 3.63) is 0 Å². The summed E-state index contributed by atoms with van der Waals surface area (Å²) in [5, 5.41) is 8.54. The average Bonchev–Trinajstić information content (AvgIpc) is 2.00. The molecule has 0 saturated heterocycles. The number of carboxylic acid groups (broad SMARTS) is 1. The molecule has 4 nitrogen and oxygen atoms in total. The monoisotopic (exact) mass is 174 g/mol. The minimum atomic E-state index is -0.763. The third-order valence-electron chi connectivity index (χ3n) is 1.58. The highest BCUT2D eigenvalue weighted by Crippen LogP contribution is 1.92. The second-order valence-corrected chi connectivity index (χ2v) is 2.81. The van der Waals surface area contributed by atoms with Crippen molar-refractivity contribution in [1.82, 2.24) is 4.90 Å². The van der Waals surface area contributed by atoms with Crippen LogP contribution in [0.5, 0.6) is 0 Å². The molecule has 0 amide bonds. The molecule has 0 aliphatic rings. The van der Waals surface area contributed by atoms with Crippen molar-refractivity contribution >= 4 is 5.97 Å². The third-order valence-corrected chi connectivity index (χ3v) is 1.58. The minimum Gasteiger partial charge on any atom is -0.480 e. The van der Waals surface area contributed by atoms with Crippen molar-refractivity contribution < 1.29 is 9.90 Å². The lowest BCUT2D eigenvalue weighted by atomic mass is 10.3. The quantitative estimate of drug-likeness (QED) is 0.576. The maximum Gasteiger partial charge on any atom is 0.317 e. The normalized spacial score (nSPS) is 10.6. The van der Waals surface area contributed by atoms with Gasteiger partial charge in [-0.25, -0.2) is 0 Å². The Bertz CT molecular complexity index is 128. The van der Waals surface area contributed by atoms with Gasteiger partial charge in [-0.1, -0.05) is 6.92 Å². The van der Waals surface area contributed by atoms with Crippen molar-refractivity contribution in [2.45, 2.75) is 19.8 Å². The van der Waals surface area contributed by atoms with Gasteiger partial charge in [0.15, 0.2) is 0 Å². The van der Waals surface area contributed by atoms with Gasteiger partial charge in [0.25, 0.3) is 0 Å². The first-order valence-electron chi connectivity index (χ1n) is 4.35. The van der Waals surface area contributed by atoms with E-state index in [4.69, 9.17) is 10.8 Å². The van der Waals surface area contributed by atoms with Gasteiger partial charge in [0.1, 0.15) is 0 Å². The molecule has 0 aliphatic heterocycles. The average molecular weight is 174 g/mol. The topological polar surface area (TPSA) is 66.6 Å².